The lowest BCUT2D eigenvalue weighted by Gasteiger charge is -2.41. The van der Waals surface area contributed by atoms with Crippen molar-refractivity contribution in [2.24, 2.45) is 17.8 Å². The Bertz CT molecular complexity index is 142. The van der Waals surface area contributed by atoms with Gasteiger partial charge in [-0.05, 0) is 24.7 Å². The molecule has 1 rings (SSSR count). The maximum absolute atomic E-state index is 9.06. The van der Waals surface area contributed by atoms with E-state index in [0.29, 0.717) is 17.8 Å². The van der Waals surface area contributed by atoms with Crippen LogP contribution in [0.4, 0.5) is 0 Å². The fraction of sp³-hybridized carbons (Fsp3) is 1.00. The van der Waals surface area contributed by atoms with E-state index in [4.69, 9.17) is 9.84 Å². The Morgan fingerprint density at radius 3 is 2.08 bits per heavy atom. The molecule has 0 bridgehead atoms. The minimum absolute atomic E-state index is 0.0474. The zero-order valence-corrected chi connectivity index (χ0v) is 8.45. The Balaban J connectivity index is 2.63. The summed E-state index contributed by atoms with van der Waals surface area (Å²) in [7, 11) is 0. The molecule has 3 unspecified atom stereocenters. The van der Waals surface area contributed by atoms with Crippen molar-refractivity contribution in [2.45, 2.75) is 39.9 Å². The summed E-state index contributed by atoms with van der Waals surface area (Å²) in [6.45, 7) is 8.88. The number of rotatable bonds is 1. The van der Waals surface area contributed by atoms with E-state index in [-0.39, 0.29) is 18.8 Å². The van der Waals surface area contributed by atoms with Gasteiger partial charge in [0, 0.05) is 0 Å². The van der Waals surface area contributed by atoms with Crippen LogP contribution >= 0.6 is 0 Å². The summed E-state index contributed by atoms with van der Waals surface area (Å²) in [4.78, 5) is 0. The average Bonchev–Trinajstić information content (AvgIpc) is 2.08. The van der Waals surface area contributed by atoms with Crippen molar-refractivity contribution in [2.75, 3.05) is 6.61 Å². The first kappa shape index (κ1) is 10.0. The molecule has 0 aromatic rings. The maximum atomic E-state index is 9.06. The molecule has 12 heavy (non-hydrogen) atoms. The van der Waals surface area contributed by atoms with E-state index in [1.54, 1.807) is 0 Å². The largest absolute Gasteiger partial charge is 0.394 e. The third kappa shape index (κ3) is 1.64. The summed E-state index contributed by atoms with van der Waals surface area (Å²) in [5.41, 5.74) is 0. The van der Waals surface area contributed by atoms with Crippen molar-refractivity contribution in [1.29, 1.82) is 0 Å². The van der Waals surface area contributed by atoms with Gasteiger partial charge in [-0.3, -0.25) is 0 Å². The van der Waals surface area contributed by atoms with Crippen LogP contribution in [0.15, 0.2) is 0 Å². The molecule has 0 aliphatic carbocycles. The maximum Gasteiger partial charge on any atom is 0.0837 e. The predicted octanol–water partition coefficient (Wildman–Crippen LogP) is 1.67. The van der Waals surface area contributed by atoms with Crippen LogP contribution in [0.3, 0.4) is 0 Å². The second kappa shape index (κ2) is 3.75. The third-order valence-corrected chi connectivity index (χ3v) is 3.55. The van der Waals surface area contributed by atoms with Crippen molar-refractivity contribution >= 4 is 0 Å². The highest BCUT2D eigenvalue weighted by atomic mass is 16.5. The smallest absolute Gasteiger partial charge is 0.0837 e. The van der Waals surface area contributed by atoms with E-state index in [1.807, 2.05) is 0 Å². The average molecular weight is 172 g/mol. The summed E-state index contributed by atoms with van der Waals surface area (Å²) in [6.07, 6.45) is 0.333. The van der Waals surface area contributed by atoms with Crippen molar-refractivity contribution in [3.8, 4) is 0 Å². The number of aliphatic hydroxyl groups excluding tert-OH is 1. The first-order valence-electron chi connectivity index (χ1n) is 4.84. The van der Waals surface area contributed by atoms with E-state index in [2.05, 4.69) is 27.7 Å². The number of hydrogen-bond donors (Lipinski definition) is 1. The molecule has 1 aliphatic heterocycles. The van der Waals surface area contributed by atoms with Gasteiger partial charge in [-0.1, -0.05) is 20.8 Å². The standard InChI is InChI=1S/C10H20O2/c1-6-7(2)9(4)12-10(5-11)8(6)3/h6-11H,5H2,1-4H3/t6-,7?,8+,9?,10?/m1/s1. The van der Waals surface area contributed by atoms with Gasteiger partial charge in [-0.15, -0.1) is 0 Å². The summed E-state index contributed by atoms with van der Waals surface area (Å²) >= 11 is 0. The number of aliphatic hydroxyl groups is 1. The van der Waals surface area contributed by atoms with Crippen molar-refractivity contribution in [3.63, 3.8) is 0 Å². The fourth-order valence-electron chi connectivity index (χ4n) is 1.98. The lowest BCUT2D eigenvalue weighted by molar-refractivity contribution is -0.140. The Morgan fingerprint density at radius 2 is 1.58 bits per heavy atom. The molecule has 1 N–H and O–H groups in total. The second-order valence-electron chi connectivity index (χ2n) is 4.14. The van der Waals surface area contributed by atoms with Crippen LogP contribution < -0.4 is 0 Å². The van der Waals surface area contributed by atoms with E-state index < -0.39 is 0 Å². The Hall–Kier alpha value is -0.0800. The molecule has 0 saturated carbocycles. The Labute approximate surface area is 74.9 Å². The van der Waals surface area contributed by atoms with Gasteiger partial charge in [0.2, 0.25) is 0 Å². The van der Waals surface area contributed by atoms with E-state index in [1.165, 1.54) is 0 Å². The summed E-state index contributed by atoms with van der Waals surface area (Å²) < 4.78 is 5.68. The van der Waals surface area contributed by atoms with Gasteiger partial charge in [0.05, 0.1) is 18.8 Å². The molecule has 1 saturated heterocycles. The summed E-state index contributed by atoms with van der Waals surface area (Å²) in [6, 6.07) is 0. The van der Waals surface area contributed by atoms with Gasteiger partial charge in [0.25, 0.3) is 0 Å². The Morgan fingerprint density at radius 1 is 1.00 bits per heavy atom. The highest BCUT2D eigenvalue weighted by molar-refractivity contribution is 4.83. The quantitative estimate of drug-likeness (QED) is 0.652. The lowest BCUT2D eigenvalue weighted by Crippen LogP contribution is -2.44. The van der Waals surface area contributed by atoms with Gasteiger partial charge in [0.15, 0.2) is 0 Å². The van der Waals surface area contributed by atoms with Gasteiger partial charge in [-0.25, -0.2) is 0 Å². The molecule has 2 nitrogen and oxygen atoms in total. The third-order valence-electron chi connectivity index (χ3n) is 3.55. The van der Waals surface area contributed by atoms with Crippen LogP contribution in [0.5, 0.6) is 0 Å². The SMILES string of the molecule is CC1OC(CO)[C@@H](C)[C@H](C)C1C. The van der Waals surface area contributed by atoms with Crippen molar-refractivity contribution in [3.05, 3.63) is 0 Å². The Kier molecular flexibility index (Phi) is 3.13. The molecule has 72 valence electrons. The zero-order valence-electron chi connectivity index (χ0n) is 8.45. The molecule has 1 fully saturated rings. The van der Waals surface area contributed by atoms with E-state index in [9.17, 15) is 0 Å². The summed E-state index contributed by atoms with van der Waals surface area (Å²) in [5, 5.41) is 9.06. The highest BCUT2D eigenvalue weighted by Crippen LogP contribution is 2.34. The van der Waals surface area contributed by atoms with Crippen LogP contribution in [-0.2, 0) is 4.74 Å². The minimum Gasteiger partial charge on any atom is -0.394 e. The molecule has 0 aromatic heterocycles. The van der Waals surface area contributed by atoms with E-state index in [0.717, 1.165) is 0 Å². The molecule has 5 atom stereocenters. The fourth-order valence-corrected chi connectivity index (χ4v) is 1.98. The van der Waals surface area contributed by atoms with Gasteiger partial charge >= 0.3 is 0 Å². The molecule has 2 heteroatoms. The van der Waals surface area contributed by atoms with Crippen LogP contribution in [0.1, 0.15) is 27.7 Å². The molecular weight excluding hydrogens is 152 g/mol. The normalized spacial score (nSPS) is 49.2. The summed E-state index contributed by atoms with van der Waals surface area (Å²) in [5.74, 6) is 1.72. The molecular formula is C10H20O2. The monoisotopic (exact) mass is 172 g/mol. The van der Waals surface area contributed by atoms with Gasteiger partial charge < -0.3 is 9.84 Å². The van der Waals surface area contributed by atoms with Crippen molar-refractivity contribution in [1.82, 2.24) is 0 Å². The molecule has 0 amide bonds. The predicted molar refractivity (Wildman–Crippen MR) is 48.9 cm³/mol. The number of ether oxygens (including phenoxy) is 1. The minimum atomic E-state index is 0.0474. The van der Waals surface area contributed by atoms with Crippen LogP contribution in [0.25, 0.3) is 0 Å². The van der Waals surface area contributed by atoms with Crippen LogP contribution in [0, 0.1) is 17.8 Å². The second-order valence-corrected chi connectivity index (χ2v) is 4.14. The lowest BCUT2D eigenvalue weighted by atomic mass is 9.77. The topological polar surface area (TPSA) is 29.5 Å². The van der Waals surface area contributed by atoms with E-state index >= 15 is 0 Å². The van der Waals surface area contributed by atoms with Crippen molar-refractivity contribution < 1.29 is 9.84 Å². The zero-order chi connectivity index (χ0) is 9.30. The molecule has 0 radical (unpaired) electrons. The van der Waals surface area contributed by atoms with Crippen LogP contribution in [0.2, 0.25) is 0 Å². The number of hydrogen-bond acceptors (Lipinski definition) is 2. The molecule has 0 aromatic carbocycles. The van der Waals surface area contributed by atoms with Gasteiger partial charge in [-0.2, -0.15) is 0 Å². The molecule has 0 spiro atoms. The first-order valence-corrected chi connectivity index (χ1v) is 4.84. The van der Waals surface area contributed by atoms with Gasteiger partial charge in [0.1, 0.15) is 0 Å². The first-order chi connectivity index (χ1) is 5.57. The highest BCUT2D eigenvalue weighted by Gasteiger charge is 2.36. The molecule has 1 heterocycles. The van der Waals surface area contributed by atoms with Crippen LogP contribution in [-0.4, -0.2) is 23.9 Å². The molecule has 1 aliphatic rings.